The van der Waals surface area contributed by atoms with Crippen molar-refractivity contribution >= 4 is 50.2 Å². The van der Waals surface area contributed by atoms with E-state index in [2.05, 4.69) is 31.5 Å². The number of nitrogens with one attached hydrogen (secondary N) is 4. The Kier molecular flexibility index (Phi) is 7.62. The summed E-state index contributed by atoms with van der Waals surface area (Å²) in [7, 11) is 0. The molecule has 0 saturated carbocycles. The van der Waals surface area contributed by atoms with Crippen molar-refractivity contribution < 1.29 is 19.0 Å². The minimum Gasteiger partial charge on any atom is -0.380 e. The highest BCUT2D eigenvalue weighted by Crippen LogP contribution is 2.27. The fourth-order valence-corrected chi connectivity index (χ4v) is 5.43. The Hall–Kier alpha value is -4.00. The van der Waals surface area contributed by atoms with Crippen LogP contribution in [-0.2, 0) is 11.3 Å². The smallest absolute Gasteiger partial charge is 0.265 e. The van der Waals surface area contributed by atoms with Gasteiger partial charge in [-0.25, -0.2) is 19.8 Å². The van der Waals surface area contributed by atoms with Crippen LogP contribution >= 0.6 is 11.3 Å². The molecule has 2 aliphatic rings. The highest BCUT2D eigenvalue weighted by Gasteiger charge is 2.20. The van der Waals surface area contributed by atoms with Gasteiger partial charge in [-0.3, -0.25) is 4.79 Å². The van der Waals surface area contributed by atoms with Crippen molar-refractivity contribution in [1.82, 2.24) is 21.2 Å². The fourth-order valence-electron chi connectivity index (χ4n) is 4.48. The van der Waals surface area contributed by atoms with Gasteiger partial charge in [0.25, 0.3) is 5.91 Å². The number of fused-ring (bicyclic) bond motifs is 1. The van der Waals surface area contributed by atoms with Crippen LogP contribution in [0.5, 0.6) is 0 Å². The van der Waals surface area contributed by atoms with E-state index in [1.54, 1.807) is 30.5 Å². The minimum atomic E-state index is -1.08. The van der Waals surface area contributed by atoms with Crippen LogP contribution in [0.1, 0.15) is 27.2 Å². The molecule has 1 saturated heterocycles. The minimum absolute atomic E-state index is 0.0438. The summed E-state index contributed by atoms with van der Waals surface area (Å²) in [5.41, 5.74) is 8.19. The zero-order chi connectivity index (χ0) is 27.5. The maximum Gasteiger partial charge on any atom is 0.265 e. The second-order valence-electron chi connectivity index (χ2n) is 9.53. The number of aliphatic imine (C=N–C) groups is 1. The van der Waals surface area contributed by atoms with Crippen LogP contribution in [0.2, 0.25) is 0 Å². The molecule has 4 aromatic rings. The lowest BCUT2D eigenvalue weighted by atomic mass is 10.1. The molecule has 40 heavy (non-hydrogen) atoms. The normalized spacial score (nSPS) is 19.9. The second kappa shape index (κ2) is 11.6. The zero-order valence-corrected chi connectivity index (χ0v) is 22.2. The maximum atomic E-state index is 14.7. The van der Waals surface area contributed by atoms with E-state index >= 15 is 0 Å². The van der Waals surface area contributed by atoms with Crippen LogP contribution < -0.4 is 21.5 Å². The predicted octanol–water partition coefficient (Wildman–Crippen LogP) is 4.11. The van der Waals surface area contributed by atoms with Crippen molar-refractivity contribution in [2.75, 3.05) is 18.5 Å². The number of hydrazine groups is 1. The molecule has 1 amide bonds. The van der Waals surface area contributed by atoms with Crippen LogP contribution in [0, 0.1) is 5.82 Å². The first-order valence-corrected chi connectivity index (χ1v) is 13.7. The first-order valence-electron chi connectivity index (χ1n) is 12.9. The van der Waals surface area contributed by atoms with Gasteiger partial charge >= 0.3 is 0 Å². The van der Waals surface area contributed by atoms with Crippen molar-refractivity contribution in [3.63, 3.8) is 0 Å². The largest absolute Gasteiger partial charge is 0.380 e. The zero-order valence-electron chi connectivity index (χ0n) is 21.4. The molecule has 11 heteroatoms. The van der Waals surface area contributed by atoms with Gasteiger partial charge in [0, 0.05) is 35.7 Å². The molecule has 4 heterocycles. The summed E-state index contributed by atoms with van der Waals surface area (Å²) in [4.78, 5) is 22.3. The number of carbonyl (C=O) groups is 1. The summed E-state index contributed by atoms with van der Waals surface area (Å²) >= 11 is 1.35. The van der Waals surface area contributed by atoms with E-state index in [0.717, 1.165) is 35.3 Å². The molecule has 6 rings (SSSR count). The highest BCUT2D eigenvalue weighted by atomic mass is 32.1. The third kappa shape index (κ3) is 5.93. The molecule has 0 radical (unpaired) electrons. The number of hydrogen-bond donors (Lipinski definition) is 5. The van der Waals surface area contributed by atoms with Gasteiger partial charge in [-0.1, -0.05) is 24.3 Å². The van der Waals surface area contributed by atoms with E-state index in [4.69, 9.17) is 4.74 Å². The number of ether oxygens (including phenoxy) is 1. The first-order chi connectivity index (χ1) is 19.5. The van der Waals surface area contributed by atoms with Gasteiger partial charge in [-0.15, -0.1) is 11.3 Å². The molecule has 0 bridgehead atoms. The van der Waals surface area contributed by atoms with Crippen LogP contribution in [-0.4, -0.2) is 47.2 Å². The van der Waals surface area contributed by atoms with Gasteiger partial charge in [-0.05, 0) is 59.8 Å². The molecule has 2 aromatic heterocycles. The number of halogens is 1. The number of rotatable bonds is 7. The lowest BCUT2D eigenvalue weighted by molar-refractivity contribution is 0.103. The quantitative estimate of drug-likeness (QED) is 0.232. The van der Waals surface area contributed by atoms with E-state index < -0.39 is 12.0 Å². The molecular weight excluding hydrogens is 531 g/mol. The highest BCUT2D eigenvalue weighted by molar-refractivity contribution is 7.20. The number of hydrogen-bond acceptors (Lipinski definition) is 9. The molecule has 204 valence electrons. The van der Waals surface area contributed by atoms with Gasteiger partial charge in [-0.2, -0.15) is 0 Å². The van der Waals surface area contributed by atoms with E-state index in [9.17, 15) is 14.3 Å². The molecule has 9 nitrogen and oxygen atoms in total. The van der Waals surface area contributed by atoms with E-state index in [0.29, 0.717) is 40.3 Å². The number of amides is 1. The molecule has 5 N–H and O–H groups in total. The summed E-state index contributed by atoms with van der Waals surface area (Å²) in [5, 5.41) is 17.5. The Labute approximate surface area is 233 Å². The Bertz CT molecular complexity index is 1560. The van der Waals surface area contributed by atoms with E-state index in [1.165, 1.54) is 23.5 Å². The summed E-state index contributed by atoms with van der Waals surface area (Å²) in [6.45, 7) is 2.19. The number of aromatic nitrogens is 1. The Morgan fingerprint density at radius 3 is 2.90 bits per heavy atom. The van der Waals surface area contributed by atoms with Crippen LogP contribution in [0.3, 0.4) is 0 Å². The molecule has 1 fully saturated rings. The molecule has 2 aliphatic heterocycles. The summed E-state index contributed by atoms with van der Waals surface area (Å²) in [6, 6.07) is 18.0. The van der Waals surface area contributed by atoms with Crippen molar-refractivity contribution in [1.29, 1.82) is 0 Å². The van der Waals surface area contributed by atoms with Gasteiger partial charge in [0.2, 0.25) is 0 Å². The molecule has 2 atom stereocenters. The molecule has 2 aromatic carbocycles. The number of aliphatic hydroxyl groups excluding tert-OH is 1. The summed E-state index contributed by atoms with van der Waals surface area (Å²) in [5.74, 6) is -0.507. The number of pyridine rings is 1. The van der Waals surface area contributed by atoms with Gasteiger partial charge in [0.15, 0.2) is 12.0 Å². The number of carbonyl (C=O) groups excluding carboxylic acids is 1. The topological polar surface area (TPSA) is 120 Å². The number of aliphatic hydroxyl groups is 1. The number of anilines is 1. The number of benzene rings is 2. The Morgan fingerprint density at radius 1 is 1.20 bits per heavy atom. The molecular formula is C29H27FN6O3S. The second-order valence-corrected chi connectivity index (χ2v) is 10.6. The van der Waals surface area contributed by atoms with Crippen molar-refractivity contribution in [3.8, 4) is 0 Å². The fraction of sp³-hybridized carbons (Fsp3) is 0.207. The van der Waals surface area contributed by atoms with Crippen LogP contribution in [0.15, 0.2) is 77.9 Å². The Balaban J connectivity index is 1.18. The maximum absolute atomic E-state index is 14.7. The molecule has 0 aliphatic carbocycles. The van der Waals surface area contributed by atoms with Gasteiger partial charge in [0.1, 0.15) is 5.82 Å². The first kappa shape index (κ1) is 26.2. The van der Waals surface area contributed by atoms with Gasteiger partial charge in [0.05, 0.1) is 28.6 Å². The standard InChI is InChI=1S/C29H27FN6O3S/c30-21-7-6-18(11-23(21)34-29(38)26-12-19-3-1-2-4-25(19)40-26)22-13-24(28(37)36-35-22)33-27-8-5-17(15-32-27)14-31-20-9-10-39-16-20/h1-8,11-13,15,20,28,31,35-37H,9-10,14,16H2,(H,34,38)/t20-,28?/m1/s1. The molecule has 0 spiro atoms. The monoisotopic (exact) mass is 558 g/mol. The number of thiophene rings is 1. The Morgan fingerprint density at radius 2 is 2.10 bits per heavy atom. The predicted molar refractivity (Wildman–Crippen MR) is 154 cm³/mol. The lowest BCUT2D eigenvalue weighted by Crippen LogP contribution is -2.47. The average molecular weight is 559 g/mol. The van der Waals surface area contributed by atoms with Crippen molar-refractivity contribution in [2.24, 2.45) is 4.99 Å². The lowest BCUT2D eigenvalue weighted by Gasteiger charge is -2.23. The van der Waals surface area contributed by atoms with Crippen molar-refractivity contribution in [3.05, 3.63) is 94.8 Å². The van der Waals surface area contributed by atoms with Gasteiger partial charge < -0.3 is 25.9 Å². The average Bonchev–Trinajstić information content (AvgIpc) is 3.65. The summed E-state index contributed by atoms with van der Waals surface area (Å²) < 4.78 is 21.0. The van der Waals surface area contributed by atoms with Crippen LogP contribution in [0.25, 0.3) is 15.8 Å². The van der Waals surface area contributed by atoms with E-state index in [1.807, 2.05) is 30.3 Å². The van der Waals surface area contributed by atoms with Crippen molar-refractivity contribution in [2.45, 2.75) is 25.2 Å². The SMILES string of the molecule is O=C(Nc1cc(C2=CC(=Nc3ccc(CN[C@@H]4CCOC4)cn3)C(O)NN2)ccc1F)c1cc2ccccc2s1. The van der Waals surface area contributed by atoms with Crippen LogP contribution in [0.4, 0.5) is 15.9 Å². The summed E-state index contributed by atoms with van der Waals surface area (Å²) in [6.07, 6.45) is 3.32. The number of nitrogens with zero attached hydrogens (tertiary/aromatic N) is 2. The van der Waals surface area contributed by atoms with E-state index in [-0.39, 0.29) is 11.6 Å². The molecule has 1 unspecified atom stereocenters. The third-order valence-electron chi connectivity index (χ3n) is 6.67. The third-order valence-corrected chi connectivity index (χ3v) is 7.78.